The highest BCUT2D eigenvalue weighted by atomic mass is 16.5. The van der Waals surface area contributed by atoms with Crippen molar-refractivity contribution in [2.45, 2.75) is 26.3 Å². The van der Waals surface area contributed by atoms with Gasteiger partial charge in [-0.1, -0.05) is 32.0 Å². The first-order valence-electron chi connectivity index (χ1n) is 10.4. The van der Waals surface area contributed by atoms with Gasteiger partial charge in [-0.15, -0.1) is 0 Å². The van der Waals surface area contributed by atoms with Gasteiger partial charge in [0.1, 0.15) is 5.75 Å². The molecule has 6 nitrogen and oxygen atoms in total. The standard InChI is InChI=1S/C24H32N2O4/c1-18(2)20-6-8-21(9-7-20)30-17-24(27)26-13-11-25(12-14-26)16-19-5-10-22(28-3)23(15-19)29-4/h5-10,15,18H,11-14,16-17H2,1-4H3. The van der Waals surface area contributed by atoms with Gasteiger partial charge in [-0.2, -0.15) is 0 Å². The van der Waals surface area contributed by atoms with Crippen LogP contribution in [0.15, 0.2) is 42.5 Å². The fourth-order valence-electron chi connectivity index (χ4n) is 3.58. The number of hydrogen-bond acceptors (Lipinski definition) is 5. The van der Waals surface area contributed by atoms with Crippen LogP contribution in [0.2, 0.25) is 0 Å². The average molecular weight is 413 g/mol. The van der Waals surface area contributed by atoms with Crippen LogP contribution in [0.5, 0.6) is 17.2 Å². The number of nitrogens with zero attached hydrogens (tertiary/aromatic N) is 2. The lowest BCUT2D eigenvalue weighted by Crippen LogP contribution is -2.49. The van der Waals surface area contributed by atoms with E-state index in [0.717, 1.165) is 36.9 Å². The quantitative estimate of drug-likeness (QED) is 0.664. The van der Waals surface area contributed by atoms with Crippen molar-refractivity contribution in [3.63, 3.8) is 0 Å². The Balaban J connectivity index is 1.45. The highest BCUT2D eigenvalue weighted by molar-refractivity contribution is 5.77. The molecule has 0 saturated carbocycles. The Bertz CT molecular complexity index is 828. The summed E-state index contributed by atoms with van der Waals surface area (Å²) in [6.45, 7) is 8.31. The normalized spacial score (nSPS) is 14.6. The van der Waals surface area contributed by atoms with Gasteiger partial charge in [-0.25, -0.2) is 0 Å². The summed E-state index contributed by atoms with van der Waals surface area (Å²) in [5.41, 5.74) is 2.43. The maximum Gasteiger partial charge on any atom is 0.260 e. The summed E-state index contributed by atoms with van der Waals surface area (Å²) in [4.78, 5) is 16.7. The lowest BCUT2D eigenvalue weighted by atomic mass is 10.0. The number of hydrogen-bond donors (Lipinski definition) is 0. The summed E-state index contributed by atoms with van der Waals surface area (Å²) in [6, 6.07) is 14.0. The molecule has 1 saturated heterocycles. The zero-order valence-electron chi connectivity index (χ0n) is 18.4. The molecule has 0 atom stereocenters. The second-order valence-electron chi connectivity index (χ2n) is 7.86. The highest BCUT2D eigenvalue weighted by Gasteiger charge is 2.21. The van der Waals surface area contributed by atoms with E-state index in [1.807, 2.05) is 29.2 Å². The fraction of sp³-hybridized carbons (Fsp3) is 0.458. The van der Waals surface area contributed by atoms with Crippen LogP contribution in [0.25, 0.3) is 0 Å². The molecule has 6 heteroatoms. The summed E-state index contributed by atoms with van der Waals surface area (Å²) in [5.74, 6) is 2.72. The predicted molar refractivity (Wildman–Crippen MR) is 117 cm³/mol. The van der Waals surface area contributed by atoms with Crippen LogP contribution in [0, 0.1) is 0 Å². The van der Waals surface area contributed by atoms with Gasteiger partial charge in [0.25, 0.3) is 5.91 Å². The van der Waals surface area contributed by atoms with Gasteiger partial charge >= 0.3 is 0 Å². The van der Waals surface area contributed by atoms with Crippen LogP contribution in [-0.4, -0.2) is 62.7 Å². The molecule has 0 unspecified atom stereocenters. The monoisotopic (exact) mass is 412 g/mol. The van der Waals surface area contributed by atoms with E-state index in [2.05, 4.69) is 36.9 Å². The molecular weight excluding hydrogens is 380 g/mol. The summed E-state index contributed by atoms with van der Waals surface area (Å²) < 4.78 is 16.4. The molecule has 162 valence electrons. The van der Waals surface area contributed by atoms with Crippen molar-refractivity contribution in [2.75, 3.05) is 47.0 Å². The van der Waals surface area contributed by atoms with Crippen molar-refractivity contribution in [1.29, 1.82) is 0 Å². The summed E-state index contributed by atoms with van der Waals surface area (Å²) >= 11 is 0. The molecular formula is C24H32N2O4. The Morgan fingerprint density at radius 2 is 1.60 bits per heavy atom. The minimum atomic E-state index is 0.0358. The van der Waals surface area contributed by atoms with Crippen molar-refractivity contribution < 1.29 is 19.0 Å². The second kappa shape index (κ2) is 10.3. The van der Waals surface area contributed by atoms with E-state index in [1.165, 1.54) is 11.1 Å². The third kappa shape index (κ3) is 5.66. The molecule has 0 spiro atoms. The van der Waals surface area contributed by atoms with E-state index >= 15 is 0 Å². The van der Waals surface area contributed by atoms with E-state index in [-0.39, 0.29) is 12.5 Å². The Morgan fingerprint density at radius 3 is 2.20 bits per heavy atom. The van der Waals surface area contributed by atoms with E-state index in [9.17, 15) is 4.79 Å². The number of ether oxygens (including phenoxy) is 3. The number of benzene rings is 2. The number of rotatable bonds is 8. The lowest BCUT2D eigenvalue weighted by molar-refractivity contribution is -0.135. The zero-order chi connectivity index (χ0) is 21.5. The Hall–Kier alpha value is -2.73. The molecule has 1 fully saturated rings. The zero-order valence-corrected chi connectivity index (χ0v) is 18.4. The molecule has 1 amide bonds. The Kier molecular flexibility index (Phi) is 7.57. The molecule has 2 aromatic carbocycles. The van der Waals surface area contributed by atoms with Gasteiger partial charge in [-0.05, 0) is 41.3 Å². The van der Waals surface area contributed by atoms with Gasteiger partial charge in [0.2, 0.25) is 0 Å². The van der Waals surface area contributed by atoms with Crippen molar-refractivity contribution in [1.82, 2.24) is 9.80 Å². The molecule has 0 aliphatic carbocycles. The fourth-order valence-corrected chi connectivity index (χ4v) is 3.58. The SMILES string of the molecule is COc1ccc(CN2CCN(C(=O)COc3ccc(C(C)C)cc3)CC2)cc1OC. The molecule has 0 radical (unpaired) electrons. The molecule has 30 heavy (non-hydrogen) atoms. The van der Waals surface area contributed by atoms with Crippen LogP contribution in [0.4, 0.5) is 0 Å². The van der Waals surface area contributed by atoms with Gasteiger partial charge in [0.05, 0.1) is 14.2 Å². The Morgan fingerprint density at radius 1 is 0.933 bits per heavy atom. The molecule has 0 N–H and O–H groups in total. The second-order valence-corrected chi connectivity index (χ2v) is 7.86. The van der Waals surface area contributed by atoms with E-state index in [0.29, 0.717) is 19.0 Å². The van der Waals surface area contributed by atoms with E-state index < -0.39 is 0 Å². The summed E-state index contributed by atoms with van der Waals surface area (Å²) in [7, 11) is 3.28. The maximum absolute atomic E-state index is 12.5. The third-order valence-corrected chi connectivity index (χ3v) is 5.49. The van der Waals surface area contributed by atoms with Gasteiger partial charge in [-0.3, -0.25) is 9.69 Å². The number of amides is 1. The van der Waals surface area contributed by atoms with Gasteiger partial charge in [0.15, 0.2) is 18.1 Å². The molecule has 0 bridgehead atoms. The van der Waals surface area contributed by atoms with Gasteiger partial charge in [0, 0.05) is 32.7 Å². The molecule has 0 aromatic heterocycles. The lowest BCUT2D eigenvalue weighted by Gasteiger charge is -2.34. The number of piperazine rings is 1. The van der Waals surface area contributed by atoms with E-state index in [1.54, 1.807) is 14.2 Å². The van der Waals surface area contributed by atoms with Crippen LogP contribution in [0.1, 0.15) is 30.9 Å². The first-order chi connectivity index (χ1) is 14.5. The first kappa shape index (κ1) is 22.0. The smallest absolute Gasteiger partial charge is 0.260 e. The van der Waals surface area contributed by atoms with Crippen LogP contribution in [-0.2, 0) is 11.3 Å². The number of carbonyl (C=O) groups excluding carboxylic acids is 1. The van der Waals surface area contributed by atoms with Crippen molar-refractivity contribution in [3.05, 3.63) is 53.6 Å². The predicted octanol–water partition coefficient (Wildman–Crippen LogP) is 3.55. The molecule has 1 aliphatic heterocycles. The minimum Gasteiger partial charge on any atom is -0.493 e. The third-order valence-electron chi connectivity index (χ3n) is 5.49. The van der Waals surface area contributed by atoms with Gasteiger partial charge < -0.3 is 19.1 Å². The summed E-state index contributed by atoms with van der Waals surface area (Å²) in [6.07, 6.45) is 0. The number of methoxy groups -OCH3 is 2. The largest absolute Gasteiger partial charge is 0.493 e. The maximum atomic E-state index is 12.5. The van der Waals surface area contributed by atoms with Crippen molar-refractivity contribution in [2.24, 2.45) is 0 Å². The van der Waals surface area contributed by atoms with E-state index in [4.69, 9.17) is 14.2 Å². The van der Waals surface area contributed by atoms with Crippen LogP contribution >= 0.6 is 0 Å². The average Bonchev–Trinajstić information content (AvgIpc) is 2.78. The molecule has 2 aromatic rings. The Labute approximate surface area is 179 Å². The van der Waals surface area contributed by atoms with Crippen molar-refractivity contribution >= 4 is 5.91 Å². The first-order valence-corrected chi connectivity index (χ1v) is 10.4. The highest BCUT2D eigenvalue weighted by Crippen LogP contribution is 2.28. The van der Waals surface area contributed by atoms with Crippen LogP contribution in [0.3, 0.4) is 0 Å². The molecule has 1 aliphatic rings. The minimum absolute atomic E-state index is 0.0358. The van der Waals surface area contributed by atoms with Crippen molar-refractivity contribution in [3.8, 4) is 17.2 Å². The molecule has 3 rings (SSSR count). The number of carbonyl (C=O) groups is 1. The summed E-state index contributed by atoms with van der Waals surface area (Å²) in [5, 5.41) is 0. The van der Waals surface area contributed by atoms with Crippen LogP contribution < -0.4 is 14.2 Å². The topological polar surface area (TPSA) is 51.2 Å². The molecule has 1 heterocycles.